The van der Waals surface area contributed by atoms with Crippen LogP contribution in [-0.2, 0) is 0 Å². The lowest BCUT2D eigenvalue weighted by atomic mass is 10.0. The van der Waals surface area contributed by atoms with E-state index in [4.69, 9.17) is 10.00 Å². The predicted octanol–water partition coefficient (Wildman–Crippen LogP) is 1.26. The molecular formula is C12H16N4O. The predicted molar refractivity (Wildman–Crippen MR) is 62.5 cm³/mol. The van der Waals surface area contributed by atoms with Gasteiger partial charge in [0.05, 0.1) is 19.0 Å². The standard InChI is InChI=1S/C12H16N4O/c13-7-11-8-16-12(9-15-11)17-6-4-10-3-1-2-5-14-10/h8-10,14H,1-6H2. The van der Waals surface area contributed by atoms with Gasteiger partial charge in [-0.25, -0.2) is 9.97 Å². The van der Waals surface area contributed by atoms with Gasteiger partial charge in [-0.3, -0.25) is 0 Å². The van der Waals surface area contributed by atoms with Crippen molar-refractivity contribution in [3.8, 4) is 11.9 Å². The van der Waals surface area contributed by atoms with Crippen molar-refractivity contribution in [2.75, 3.05) is 13.2 Å². The number of ether oxygens (including phenoxy) is 1. The third-order valence-corrected chi connectivity index (χ3v) is 2.87. The average Bonchev–Trinajstić information content (AvgIpc) is 2.41. The molecule has 1 saturated heterocycles. The SMILES string of the molecule is N#Cc1cnc(OCCC2CCCCN2)cn1. The molecule has 1 aliphatic heterocycles. The summed E-state index contributed by atoms with van der Waals surface area (Å²) < 4.78 is 5.49. The molecule has 1 N–H and O–H groups in total. The van der Waals surface area contributed by atoms with Crippen LogP contribution in [0.4, 0.5) is 0 Å². The Kier molecular flexibility index (Phi) is 4.28. The van der Waals surface area contributed by atoms with E-state index < -0.39 is 0 Å². The molecular weight excluding hydrogens is 216 g/mol. The summed E-state index contributed by atoms with van der Waals surface area (Å²) in [6.07, 6.45) is 7.71. The Morgan fingerprint density at radius 3 is 3.00 bits per heavy atom. The van der Waals surface area contributed by atoms with E-state index in [0.717, 1.165) is 13.0 Å². The van der Waals surface area contributed by atoms with Crippen LogP contribution < -0.4 is 10.1 Å². The lowest BCUT2D eigenvalue weighted by Gasteiger charge is -2.23. The smallest absolute Gasteiger partial charge is 0.232 e. The molecule has 0 spiro atoms. The Labute approximate surface area is 101 Å². The quantitative estimate of drug-likeness (QED) is 0.846. The Balaban J connectivity index is 1.72. The van der Waals surface area contributed by atoms with Crippen LogP contribution in [0, 0.1) is 11.3 Å². The van der Waals surface area contributed by atoms with Crippen molar-refractivity contribution in [3.05, 3.63) is 18.1 Å². The Morgan fingerprint density at radius 1 is 1.41 bits per heavy atom. The number of aromatic nitrogens is 2. The first-order valence-corrected chi connectivity index (χ1v) is 5.97. The van der Waals surface area contributed by atoms with Crippen molar-refractivity contribution in [1.82, 2.24) is 15.3 Å². The van der Waals surface area contributed by atoms with Gasteiger partial charge in [0.2, 0.25) is 5.88 Å². The van der Waals surface area contributed by atoms with Gasteiger partial charge in [-0.15, -0.1) is 0 Å². The molecule has 2 heterocycles. The fraction of sp³-hybridized carbons (Fsp3) is 0.583. The molecule has 0 saturated carbocycles. The van der Waals surface area contributed by atoms with Crippen molar-refractivity contribution >= 4 is 0 Å². The maximum Gasteiger partial charge on any atom is 0.232 e. The number of nitrogens with zero attached hydrogens (tertiary/aromatic N) is 3. The van der Waals surface area contributed by atoms with E-state index in [1.165, 1.54) is 31.7 Å². The summed E-state index contributed by atoms with van der Waals surface area (Å²) in [5.74, 6) is 0.486. The molecule has 0 amide bonds. The Hall–Kier alpha value is -1.67. The van der Waals surface area contributed by atoms with Crippen molar-refractivity contribution in [2.45, 2.75) is 31.7 Å². The zero-order valence-corrected chi connectivity index (χ0v) is 9.72. The lowest BCUT2D eigenvalue weighted by Crippen LogP contribution is -2.35. The van der Waals surface area contributed by atoms with E-state index in [2.05, 4.69) is 15.3 Å². The third-order valence-electron chi connectivity index (χ3n) is 2.87. The molecule has 1 unspecified atom stereocenters. The van der Waals surface area contributed by atoms with Gasteiger partial charge in [-0.05, 0) is 25.8 Å². The van der Waals surface area contributed by atoms with E-state index in [-0.39, 0.29) is 0 Å². The van der Waals surface area contributed by atoms with Crippen LogP contribution in [0.2, 0.25) is 0 Å². The molecule has 0 aromatic carbocycles. The van der Waals surface area contributed by atoms with Crippen molar-refractivity contribution in [2.24, 2.45) is 0 Å². The molecule has 90 valence electrons. The summed E-state index contributed by atoms with van der Waals surface area (Å²) in [6.45, 7) is 1.75. The van der Waals surface area contributed by atoms with Gasteiger partial charge in [0.1, 0.15) is 6.07 Å². The first-order chi connectivity index (χ1) is 8.38. The van der Waals surface area contributed by atoms with Crippen LogP contribution in [0.15, 0.2) is 12.4 Å². The number of piperidine rings is 1. The molecule has 17 heavy (non-hydrogen) atoms. The highest BCUT2D eigenvalue weighted by molar-refractivity contribution is 5.18. The number of hydrogen-bond acceptors (Lipinski definition) is 5. The van der Waals surface area contributed by atoms with E-state index in [1.807, 2.05) is 6.07 Å². The van der Waals surface area contributed by atoms with Gasteiger partial charge in [-0.2, -0.15) is 5.26 Å². The minimum Gasteiger partial charge on any atom is -0.477 e. The molecule has 1 atom stereocenters. The summed E-state index contributed by atoms with van der Waals surface area (Å²) >= 11 is 0. The highest BCUT2D eigenvalue weighted by Crippen LogP contribution is 2.11. The molecule has 1 aliphatic rings. The summed E-state index contributed by atoms with van der Waals surface area (Å²) in [5.41, 5.74) is 0.311. The normalized spacial score (nSPS) is 19.6. The maximum atomic E-state index is 8.57. The molecule has 2 rings (SSSR count). The molecule has 5 nitrogen and oxygen atoms in total. The summed E-state index contributed by atoms with van der Waals surface area (Å²) in [5, 5.41) is 12.0. The lowest BCUT2D eigenvalue weighted by molar-refractivity contribution is 0.259. The molecule has 0 bridgehead atoms. The number of rotatable bonds is 4. The zero-order valence-electron chi connectivity index (χ0n) is 9.72. The van der Waals surface area contributed by atoms with Crippen molar-refractivity contribution < 1.29 is 4.74 Å². The highest BCUT2D eigenvalue weighted by atomic mass is 16.5. The van der Waals surface area contributed by atoms with E-state index >= 15 is 0 Å². The Morgan fingerprint density at radius 2 is 2.35 bits per heavy atom. The topological polar surface area (TPSA) is 70.8 Å². The molecule has 5 heteroatoms. The number of hydrogen-bond donors (Lipinski definition) is 1. The van der Waals surface area contributed by atoms with Crippen LogP contribution in [0.1, 0.15) is 31.4 Å². The van der Waals surface area contributed by atoms with Gasteiger partial charge >= 0.3 is 0 Å². The second-order valence-corrected chi connectivity index (χ2v) is 4.14. The number of nitrogens with one attached hydrogen (secondary N) is 1. The van der Waals surface area contributed by atoms with Crippen LogP contribution in [-0.4, -0.2) is 29.2 Å². The van der Waals surface area contributed by atoms with Crippen LogP contribution in [0.5, 0.6) is 5.88 Å². The Bertz CT molecular complexity index is 378. The van der Waals surface area contributed by atoms with Crippen LogP contribution >= 0.6 is 0 Å². The molecule has 0 aliphatic carbocycles. The molecule has 1 fully saturated rings. The van der Waals surface area contributed by atoms with E-state index in [0.29, 0.717) is 24.2 Å². The molecule has 1 aromatic rings. The first-order valence-electron chi connectivity index (χ1n) is 5.97. The van der Waals surface area contributed by atoms with E-state index in [9.17, 15) is 0 Å². The van der Waals surface area contributed by atoms with Gasteiger partial charge in [0.25, 0.3) is 0 Å². The van der Waals surface area contributed by atoms with Crippen molar-refractivity contribution in [1.29, 1.82) is 5.26 Å². The summed E-state index contributed by atoms with van der Waals surface area (Å²) in [4.78, 5) is 7.90. The highest BCUT2D eigenvalue weighted by Gasteiger charge is 2.12. The second-order valence-electron chi connectivity index (χ2n) is 4.14. The van der Waals surface area contributed by atoms with Crippen LogP contribution in [0.3, 0.4) is 0 Å². The van der Waals surface area contributed by atoms with Gasteiger partial charge in [-0.1, -0.05) is 6.42 Å². The summed E-state index contributed by atoms with van der Waals surface area (Å²) in [7, 11) is 0. The fourth-order valence-corrected chi connectivity index (χ4v) is 1.92. The van der Waals surface area contributed by atoms with Gasteiger partial charge in [0.15, 0.2) is 5.69 Å². The monoisotopic (exact) mass is 232 g/mol. The largest absolute Gasteiger partial charge is 0.477 e. The minimum absolute atomic E-state index is 0.311. The first kappa shape index (κ1) is 11.8. The molecule has 1 aromatic heterocycles. The zero-order chi connectivity index (χ0) is 11.9. The second kappa shape index (κ2) is 6.16. The molecule has 0 radical (unpaired) electrons. The fourth-order valence-electron chi connectivity index (χ4n) is 1.92. The van der Waals surface area contributed by atoms with Gasteiger partial charge < -0.3 is 10.1 Å². The minimum atomic E-state index is 0.311. The maximum absolute atomic E-state index is 8.57. The third kappa shape index (κ3) is 3.68. The van der Waals surface area contributed by atoms with Crippen LogP contribution in [0.25, 0.3) is 0 Å². The summed E-state index contributed by atoms with van der Waals surface area (Å²) in [6, 6.07) is 2.49. The van der Waals surface area contributed by atoms with E-state index in [1.54, 1.807) is 0 Å². The average molecular weight is 232 g/mol. The van der Waals surface area contributed by atoms with Crippen molar-refractivity contribution in [3.63, 3.8) is 0 Å². The number of nitriles is 1. The van der Waals surface area contributed by atoms with Gasteiger partial charge in [0, 0.05) is 6.04 Å².